The molecule has 1 aliphatic rings. The molecule has 150 valence electrons. The van der Waals surface area contributed by atoms with Crippen LogP contribution in [0.5, 0.6) is 0 Å². The maximum atomic E-state index is 12.8. The Labute approximate surface area is 170 Å². The van der Waals surface area contributed by atoms with Gasteiger partial charge in [-0.25, -0.2) is 0 Å². The summed E-state index contributed by atoms with van der Waals surface area (Å²) in [5.74, 6) is 1.05. The molecule has 0 bridgehead atoms. The third-order valence-corrected chi connectivity index (χ3v) is 5.86. The van der Waals surface area contributed by atoms with E-state index in [-0.39, 0.29) is 11.9 Å². The average Bonchev–Trinajstić information content (AvgIpc) is 2.72. The van der Waals surface area contributed by atoms with Gasteiger partial charge in [0.2, 0.25) is 5.91 Å². The molecule has 0 aromatic heterocycles. The maximum absolute atomic E-state index is 12.8. The van der Waals surface area contributed by atoms with Gasteiger partial charge in [0.1, 0.15) is 0 Å². The molecule has 0 N–H and O–H groups in total. The van der Waals surface area contributed by atoms with Crippen molar-refractivity contribution in [3.8, 4) is 0 Å². The fourth-order valence-corrected chi connectivity index (χ4v) is 4.10. The van der Waals surface area contributed by atoms with E-state index in [1.54, 1.807) is 0 Å². The summed E-state index contributed by atoms with van der Waals surface area (Å²) in [4.78, 5) is 17.3. The third kappa shape index (κ3) is 6.20. The van der Waals surface area contributed by atoms with Crippen molar-refractivity contribution in [2.24, 2.45) is 5.92 Å². The van der Waals surface area contributed by atoms with Crippen molar-refractivity contribution in [3.05, 3.63) is 71.8 Å². The summed E-state index contributed by atoms with van der Waals surface area (Å²) in [6.07, 6.45) is 4.28. The molecule has 0 aliphatic carbocycles. The average molecular weight is 379 g/mol. The fourth-order valence-electron chi connectivity index (χ4n) is 4.10. The Kier molecular flexibility index (Phi) is 7.67. The van der Waals surface area contributed by atoms with Gasteiger partial charge in [0.05, 0.1) is 0 Å². The van der Waals surface area contributed by atoms with Crippen molar-refractivity contribution in [2.75, 3.05) is 19.6 Å². The van der Waals surface area contributed by atoms with Gasteiger partial charge < -0.3 is 9.80 Å². The molecule has 1 fully saturated rings. The topological polar surface area (TPSA) is 23.6 Å². The number of benzene rings is 2. The normalized spacial score (nSPS) is 15.7. The summed E-state index contributed by atoms with van der Waals surface area (Å²) in [5, 5.41) is 0. The van der Waals surface area contributed by atoms with Crippen LogP contribution in [-0.4, -0.2) is 41.4 Å². The zero-order valence-electron chi connectivity index (χ0n) is 17.4. The molecular formula is C25H34N2O. The lowest BCUT2D eigenvalue weighted by Gasteiger charge is -2.33. The van der Waals surface area contributed by atoms with Crippen LogP contribution in [0.1, 0.15) is 44.2 Å². The molecule has 0 saturated carbocycles. The predicted octanol–water partition coefficient (Wildman–Crippen LogP) is 4.77. The predicted molar refractivity (Wildman–Crippen MR) is 116 cm³/mol. The number of rotatable bonds is 8. The minimum atomic E-state index is 0.226. The molecule has 2 aromatic rings. The zero-order valence-corrected chi connectivity index (χ0v) is 17.4. The molecular weight excluding hydrogens is 344 g/mol. The van der Waals surface area contributed by atoms with Gasteiger partial charge in [-0.3, -0.25) is 4.79 Å². The van der Waals surface area contributed by atoms with Crippen LogP contribution in [0.4, 0.5) is 0 Å². The number of hydrogen-bond acceptors (Lipinski definition) is 2. The Bertz CT molecular complexity index is 706. The molecule has 3 heteroatoms. The summed E-state index contributed by atoms with van der Waals surface area (Å²) in [6.45, 7) is 8.04. The highest BCUT2D eigenvalue weighted by Crippen LogP contribution is 2.22. The van der Waals surface area contributed by atoms with Gasteiger partial charge in [0.15, 0.2) is 0 Å². The molecule has 0 atom stereocenters. The number of hydrogen-bond donors (Lipinski definition) is 0. The van der Waals surface area contributed by atoms with E-state index in [2.05, 4.69) is 61.2 Å². The number of carbonyl (C=O) groups excluding carboxylic acids is 1. The number of piperidine rings is 1. The van der Waals surface area contributed by atoms with Crippen molar-refractivity contribution in [1.29, 1.82) is 0 Å². The van der Waals surface area contributed by atoms with E-state index in [4.69, 9.17) is 0 Å². The highest BCUT2D eigenvalue weighted by molar-refractivity contribution is 5.76. The van der Waals surface area contributed by atoms with E-state index in [1.165, 1.54) is 30.4 Å². The summed E-state index contributed by atoms with van der Waals surface area (Å²) in [7, 11) is 0. The number of likely N-dealkylation sites (tertiary alicyclic amines) is 1. The van der Waals surface area contributed by atoms with E-state index in [0.29, 0.717) is 13.0 Å². The van der Waals surface area contributed by atoms with Crippen LogP contribution >= 0.6 is 0 Å². The molecule has 1 heterocycles. The molecule has 2 aromatic carbocycles. The first kappa shape index (κ1) is 20.6. The Hall–Kier alpha value is -2.13. The number of amides is 1. The van der Waals surface area contributed by atoms with Crippen molar-refractivity contribution in [3.63, 3.8) is 0 Å². The zero-order chi connectivity index (χ0) is 19.8. The second-order valence-electron chi connectivity index (χ2n) is 8.33. The lowest BCUT2D eigenvalue weighted by Crippen LogP contribution is -2.40. The van der Waals surface area contributed by atoms with Gasteiger partial charge in [-0.1, -0.05) is 60.7 Å². The van der Waals surface area contributed by atoms with Crippen molar-refractivity contribution < 1.29 is 4.79 Å². The molecule has 1 aliphatic heterocycles. The Morgan fingerprint density at radius 1 is 0.964 bits per heavy atom. The quantitative estimate of drug-likeness (QED) is 0.661. The van der Waals surface area contributed by atoms with Crippen LogP contribution < -0.4 is 0 Å². The molecule has 3 nitrogen and oxygen atoms in total. The maximum Gasteiger partial charge on any atom is 0.224 e. The first-order chi connectivity index (χ1) is 13.6. The van der Waals surface area contributed by atoms with Gasteiger partial charge in [-0.2, -0.15) is 0 Å². The van der Waals surface area contributed by atoms with E-state index >= 15 is 0 Å². The second kappa shape index (κ2) is 10.4. The summed E-state index contributed by atoms with van der Waals surface area (Å²) in [6, 6.07) is 21.3. The Morgan fingerprint density at radius 2 is 1.54 bits per heavy atom. The van der Waals surface area contributed by atoms with Crippen LogP contribution in [0, 0.1) is 5.92 Å². The van der Waals surface area contributed by atoms with E-state index in [1.807, 2.05) is 23.1 Å². The van der Waals surface area contributed by atoms with Gasteiger partial charge in [0.25, 0.3) is 0 Å². The van der Waals surface area contributed by atoms with Crippen LogP contribution in [0.2, 0.25) is 0 Å². The lowest BCUT2D eigenvalue weighted by molar-refractivity contribution is -0.134. The summed E-state index contributed by atoms with van der Waals surface area (Å²) >= 11 is 0. The molecule has 28 heavy (non-hydrogen) atoms. The highest BCUT2D eigenvalue weighted by atomic mass is 16.2. The second-order valence-corrected chi connectivity index (χ2v) is 8.33. The van der Waals surface area contributed by atoms with Crippen LogP contribution in [-0.2, 0) is 17.8 Å². The van der Waals surface area contributed by atoms with E-state index < -0.39 is 0 Å². The first-order valence-corrected chi connectivity index (χ1v) is 10.7. The van der Waals surface area contributed by atoms with Crippen LogP contribution in [0.25, 0.3) is 0 Å². The number of carbonyl (C=O) groups is 1. The van der Waals surface area contributed by atoms with Gasteiger partial charge in [-0.15, -0.1) is 0 Å². The van der Waals surface area contributed by atoms with Crippen molar-refractivity contribution in [2.45, 2.75) is 52.1 Å². The fraction of sp³-hybridized carbons (Fsp3) is 0.480. The summed E-state index contributed by atoms with van der Waals surface area (Å²) in [5.41, 5.74) is 2.65. The van der Waals surface area contributed by atoms with Crippen LogP contribution in [0.3, 0.4) is 0 Å². The first-order valence-electron chi connectivity index (χ1n) is 10.7. The largest absolute Gasteiger partial charge is 0.336 e. The van der Waals surface area contributed by atoms with Crippen LogP contribution in [0.15, 0.2) is 60.7 Å². The monoisotopic (exact) mass is 378 g/mol. The van der Waals surface area contributed by atoms with Crippen molar-refractivity contribution >= 4 is 5.91 Å². The van der Waals surface area contributed by atoms with Crippen molar-refractivity contribution in [1.82, 2.24) is 9.80 Å². The molecule has 1 amide bonds. The highest BCUT2D eigenvalue weighted by Gasteiger charge is 2.22. The SMILES string of the molecule is CC(C)N(Cc1ccccc1)C(=O)CCN1CCC(Cc2ccccc2)CC1. The minimum Gasteiger partial charge on any atom is -0.336 e. The molecule has 0 unspecified atom stereocenters. The van der Waals surface area contributed by atoms with E-state index in [9.17, 15) is 4.79 Å². The molecule has 0 radical (unpaired) electrons. The summed E-state index contributed by atoms with van der Waals surface area (Å²) < 4.78 is 0. The number of nitrogens with zero attached hydrogens (tertiary/aromatic N) is 2. The lowest BCUT2D eigenvalue weighted by atomic mass is 9.90. The smallest absolute Gasteiger partial charge is 0.224 e. The Balaban J connectivity index is 1.42. The van der Waals surface area contributed by atoms with Gasteiger partial charge in [0, 0.05) is 25.6 Å². The third-order valence-electron chi connectivity index (χ3n) is 5.86. The molecule has 1 saturated heterocycles. The van der Waals surface area contributed by atoms with Gasteiger partial charge >= 0.3 is 0 Å². The molecule has 3 rings (SSSR count). The standard InChI is InChI=1S/C25H34N2O/c1-21(2)27(20-24-11-7-4-8-12-24)25(28)15-18-26-16-13-23(14-17-26)19-22-9-5-3-6-10-22/h3-12,21,23H,13-20H2,1-2H3. The minimum absolute atomic E-state index is 0.226. The Morgan fingerprint density at radius 3 is 2.11 bits per heavy atom. The van der Waals surface area contributed by atoms with Gasteiger partial charge in [-0.05, 0) is 63.2 Å². The molecule has 0 spiro atoms. The van der Waals surface area contributed by atoms with E-state index in [0.717, 1.165) is 25.6 Å².